The zero-order valence-corrected chi connectivity index (χ0v) is 12.9. The second-order valence-electron chi connectivity index (χ2n) is 5.27. The maximum Gasteiger partial charge on any atom is 0.271 e. The van der Waals surface area contributed by atoms with Gasteiger partial charge in [-0.1, -0.05) is 42.0 Å². The Morgan fingerprint density at radius 2 is 1.67 bits per heavy atom. The summed E-state index contributed by atoms with van der Waals surface area (Å²) < 4.78 is 0. The molecule has 1 amide bonds. The topological polar surface area (TPSA) is 41.5 Å². The van der Waals surface area contributed by atoms with Crippen LogP contribution in [0.1, 0.15) is 39.5 Å². The Balaban J connectivity index is 2.17. The quantitative estimate of drug-likeness (QED) is 0.675. The second-order valence-corrected chi connectivity index (χ2v) is 5.27. The van der Waals surface area contributed by atoms with Crippen LogP contribution in [0.4, 0.5) is 0 Å². The van der Waals surface area contributed by atoms with E-state index in [9.17, 15) is 4.79 Å². The summed E-state index contributed by atoms with van der Waals surface area (Å²) in [7, 11) is 0. The molecule has 0 saturated heterocycles. The van der Waals surface area contributed by atoms with Gasteiger partial charge in [0, 0.05) is 11.1 Å². The third-order valence-corrected chi connectivity index (χ3v) is 3.49. The largest absolute Gasteiger partial charge is 0.271 e. The van der Waals surface area contributed by atoms with Gasteiger partial charge in [0.2, 0.25) is 0 Å². The molecule has 2 aromatic carbocycles. The Morgan fingerprint density at radius 3 is 2.33 bits per heavy atom. The number of hydrazone groups is 1. The third-order valence-electron chi connectivity index (χ3n) is 3.49. The molecule has 0 radical (unpaired) electrons. The van der Waals surface area contributed by atoms with Crippen molar-refractivity contribution in [3.8, 4) is 0 Å². The highest BCUT2D eigenvalue weighted by Crippen LogP contribution is 2.12. The molecule has 0 spiro atoms. The lowest BCUT2D eigenvalue weighted by Crippen LogP contribution is -2.20. The van der Waals surface area contributed by atoms with Gasteiger partial charge in [0.05, 0.1) is 5.71 Å². The molecule has 0 aromatic heterocycles. The summed E-state index contributed by atoms with van der Waals surface area (Å²) in [5, 5.41) is 4.22. The van der Waals surface area contributed by atoms with Gasteiger partial charge in [0.1, 0.15) is 0 Å². The fraction of sp³-hybridized carbons (Fsp3) is 0.222. The van der Waals surface area contributed by atoms with Crippen molar-refractivity contribution in [2.45, 2.75) is 27.7 Å². The van der Waals surface area contributed by atoms with Gasteiger partial charge in [0.15, 0.2) is 0 Å². The fourth-order valence-corrected chi connectivity index (χ4v) is 2.30. The zero-order valence-electron chi connectivity index (χ0n) is 12.9. The van der Waals surface area contributed by atoms with Crippen LogP contribution in [0.2, 0.25) is 0 Å². The first kappa shape index (κ1) is 15.0. The van der Waals surface area contributed by atoms with Gasteiger partial charge in [-0.15, -0.1) is 0 Å². The molecule has 0 bridgehead atoms. The molecule has 2 rings (SSSR count). The van der Waals surface area contributed by atoms with Crippen LogP contribution in [-0.4, -0.2) is 11.6 Å². The molecule has 21 heavy (non-hydrogen) atoms. The molecule has 0 aliphatic heterocycles. The number of carbonyl (C=O) groups is 1. The number of rotatable bonds is 3. The lowest BCUT2D eigenvalue weighted by Gasteiger charge is -2.08. The summed E-state index contributed by atoms with van der Waals surface area (Å²) in [5.41, 5.74) is 8.43. The molecule has 0 saturated carbocycles. The van der Waals surface area contributed by atoms with Crippen LogP contribution in [0.25, 0.3) is 0 Å². The summed E-state index contributed by atoms with van der Waals surface area (Å²) in [6.45, 7) is 7.92. The number of amides is 1. The molecular weight excluding hydrogens is 260 g/mol. The molecule has 2 aromatic rings. The monoisotopic (exact) mass is 280 g/mol. The minimum Gasteiger partial charge on any atom is -0.267 e. The van der Waals surface area contributed by atoms with E-state index in [4.69, 9.17) is 0 Å². The highest BCUT2D eigenvalue weighted by atomic mass is 16.2. The van der Waals surface area contributed by atoms with Crippen molar-refractivity contribution in [1.29, 1.82) is 0 Å². The van der Waals surface area contributed by atoms with Gasteiger partial charge >= 0.3 is 0 Å². The predicted molar refractivity (Wildman–Crippen MR) is 86.8 cm³/mol. The Labute approximate surface area is 125 Å². The maximum absolute atomic E-state index is 12.1. The van der Waals surface area contributed by atoms with Gasteiger partial charge in [-0.2, -0.15) is 5.10 Å². The van der Waals surface area contributed by atoms with Crippen molar-refractivity contribution in [3.63, 3.8) is 0 Å². The van der Waals surface area contributed by atoms with Crippen LogP contribution in [-0.2, 0) is 0 Å². The Hall–Kier alpha value is -2.42. The van der Waals surface area contributed by atoms with Crippen LogP contribution in [0, 0.1) is 20.8 Å². The molecule has 0 fully saturated rings. The van der Waals surface area contributed by atoms with E-state index in [0.717, 1.165) is 22.4 Å². The summed E-state index contributed by atoms with van der Waals surface area (Å²) >= 11 is 0. The van der Waals surface area contributed by atoms with Crippen molar-refractivity contribution >= 4 is 11.6 Å². The number of hydrogen-bond acceptors (Lipinski definition) is 2. The molecule has 0 aliphatic rings. The minimum atomic E-state index is -0.183. The standard InChI is InChI=1S/C18H20N2O/c1-12-9-10-16(14(3)11-12)15(4)19-20-18(21)17-8-6-5-7-13(17)2/h5-11H,1-4H3,(H,20,21). The number of nitrogens with one attached hydrogen (secondary N) is 1. The Morgan fingerprint density at radius 1 is 0.952 bits per heavy atom. The summed E-state index contributed by atoms with van der Waals surface area (Å²) in [6, 6.07) is 13.7. The lowest BCUT2D eigenvalue weighted by atomic mass is 10.0. The molecule has 0 heterocycles. The van der Waals surface area contributed by atoms with Gasteiger partial charge < -0.3 is 0 Å². The molecule has 0 aliphatic carbocycles. The number of nitrogens with zero attached hydrogens (tertiary/aromatic N) is 1. The first-order valence-electron chi connectivity index (χ1n) is 6.97. The minimum absolute atomic E-state index is 0.183. The third kappa shape index (κ3) is 3.57. The number of carbonyl (C=O) groups excluding carboxylic acids is 1. The number of hydrogen-bond donors (Lipinski definition) is 1. The predicted octanol–water partition coefficient (Wildman–Crippen LogP) is 3.77. The van der Waals surface area contributed by atoms with E-state index in [1.807, 2.05) is 51.1 Å². The molecule has 3 nitrogen and oxygen atoms in total. The average molecular weight is 280 g/mol. The van der Waals surface area contributed by atoms with Crippen molar-refractivity contribution in [1.82, 2.24) is 5.43 Å². The van der Waals surface area contributed by atoms with Crippen LogP contribution in [0.15, 0.2) is 47.6 Å². The van der Waals surface area contributed by atoms with Crippen molar-refractivity contribution in [2.75, 3.05) is 0 Å². The van der Waals surface area contributed by atoms with E-state index in [2.05, 4.69) is 23.5 Å². The summed E-state index contributed by atoms with van der Waals surface area (Å²) in [5.74, 6) is -0.183. The second kappa shape index (κ2) is 6.35. The van der Waals surface area contributed by atoms with Crippen molar-refractivity contribution in [2.24, 2.45) is 5.10 Å². The summed E-state index contributed by atoms with van der Waals surface area (Å²) in [4.78, 5) is 12.1. The SMILES string of the molecule is CC(=NNC(=O)c1ccccc1C)c1ccc(C)cc1C. The molecular formula is C18H20N2O. The van der Waals surface area contributed by atoms with Crippen LogP contribution < -0.4 is 5.43 Å². The van der Waals surface area contributed by atoms with Crippen molar-refractivity contribution < 1.29 is 4.79 Å². The molecule has 1 N–H and O–H groups in total. The zero-order chi connectivity index (χ0) is 15.4. The van der Waals surface area contributed by atoms with E-state index in [-0.39, 0.29) is 5.91 Å². The Kier molecular flexibility index (Phi) is 4.53. The van der Waals surface area contributed by atoms with Gasteiger partial charge in [0.25, 0.3) is 5.91 Å². The number of aryl methyl sites for hydroxylation is 3. The van der Waals surface area contributed by atoms with Crippen LogP contribution in [0.3, 0.4) is 0 Å². The van der Waals surface area contributed by atoms with E-state index < -0.39 is 0 Å². The normalized spacial score (nSPS) is 11.3. The molecule has 0 unspecified atom stereocenters. The van der Waals surface area contributed by atoms with E-state index >= 15 is 0 Å². The maximum atomic E-state index is 12.1. The van der Waals surface area contributed by atoms with E-state index in [1.165, 1.54) is 5.56 Å². The molecule has 108 valence electrons. The first-order chi connectivity index (χ1) is 9.99. The van der Waals surface area contributed by atoms with Crippen molar-refractivity contribution in [3.05, 3.63) is 70.3 Å². The summed E-state index contributed by atoms with van der Waals surface area (Å²) in [6.07, 6.45) is 0. The van der Waals surface area contributed by atoms with Gasteiger partial charge in [-0.3, -0.25) is 4.79 Å². The first-order valence-corrected chi connectivity index (χ1v) is 6.97. The fourth-order valence-electron chi connectivity index (χ4n) is 2.30. The number of benzene rings is 2. The van der Waals surface area contributed by atoms with E-state index in [1.54, 1.807) is 6.07 Å². The van der Waals surface area contributed by atoms with Crippen LogP contribution in [0.5, 0.6) is 0 Å². The van der Waals surface area contributed by atoms with E-state index in [0.29, 0.717) is 5.56 Å². The van der Waals surface area contributed by atoms with Gasteiger partial charge in [-0.05, 0) is 44.9 Å². The highest BCUT2D eigenvalue weighted by molar-refractivity contribution is 6.02. The molecule has 0 atom stereocenters. The molecule has 3 heteroatoms. The lowest BCUT2D eigenvalue weighted by molar-refractivity contribution is 0.0954. The smallest absolute Gasteiger partial charge is 0.267 e. The Bertz CT molecular complexity index is 702. The average Bonchev–Trinajstić information content (AvgIpc) is 2.45. The highest BCUT2D eigenvalue weighted by Gasteiger charge is 2.08. The van der Waals surface area contributed by atoms with Gasteiger partial charge in [-0.25, -0.2) is 5.43 Å². The van der Waals surface area contributed by atoms with Crippen LogP contribution >= 0.6 is 0 Å².